The molecule has 2 N–H and O–H groups in total. The summed E-state index contributed by atoms with van der Waals surface area (Å²) in [7, 11) is -1.94. The van der Waals surface area contributed by atoms with Crippen LogP contribution in [-0.2, 0) is 14.8 Å². The molecule has 1 aromatic carbocycles. The molecule has 0 spiro atoms. The molecule has 4 aromatic rings. The first-order valence-electron chi connectivity index (χ1n) is 12.5. The fraction of sp³-hybridized carbons (Fsp3) is 0.385. The number of sulfonamides is 1. The lowest BCUT2D eigenvalue weighted by molar-refractivity contribution is -0.0308. The third-order valence-electron chi connectivity index (χ3n) is 6.73. The maximum atomic E-state index is 12.3. The second-order valence-corrected chi connectivity index (χ2v) is 11.5. The Labute approximate surface area is 222 Å². The summed E-state index contributed by atoms with van der Waals surface area (Å²) < 4.78 is 34.0. The van der Waals surface area contributed by atoms with Crippen LogP contribution in [0.4, 0.5) is 28.7 Å². The van der Waals surface area contributed by atoms with Crippen molar-refractivity contribution in [1.29, 1.82) is 0 Å². The van der Waals surface area contributed by atoms with Gasteiger partial charge in [-0.3, -0.25) is 13.9 Å². The molecule has 1 fully saturated rings. The maximum absolute atomic E-state index is 12.3. The van der Waals surface area contributed by atoms with E-state index in [0.29, 0.717) is 46.5 Å². The summed E-state index contributed by atoms with van der Waals surface area (Å²) in [6, 6.07) is 9.08. The van der Waals surface area contributed by atoms with E-state index in [-0.39, 0.29) is 6.23 Å². The van der Waals surface area contributed by atoms with Crippen LogP contribution in [0, 0.1) is 20.8 Å². The zero-order valence-electron chi connectivity index (χ0n) is 22.2. The molecule has 4 heterocycles. The van der Waals surface area contributed by atoms with Crippen LogP contribution >= 0.6 is 0 Å². The number of nitrogens with one attached hydrogen (secondary N) is 2. The van der Waals surface area contributed by atoms with Crippen LogP contribution in [0.2, 0.25) is 0 Å². The first kappa shape index (κ1) is 25.9. The maximum Gasteiger partial charge on any atom is 0.232 e. The van der Waals surface area contributed by atoms with Crippen LogP contribution in [0.5, 0.6) is 0 Å². The molecule has 1 saturated heterocycles. The van der Waals surface area contributed by atoms with Gasteiger partial charge in [-0.15, -0.1) is 0 Å². The van der Waals surface area contributed by atoms with Crippen LogP contribution in [0.15, 0.2) is 36.5 Å². The predicted octanol–water partition coefficient (Wildman–Crippen LogP) is 4.73. The summed E-state index contributed by atoms with van der Waals surface area (Å²) in [6.07, 6.45) is 5.66. The number of nitrogens with zero attached hydrogens (tertiary/aromatic N) is 6. The molecule has 0 amide bonds. The van der Waals surface area contributed by atoms with Crippen LogP contribution in [0.3, 0.4) is 0 Å². The van der Waals surface area contributed by atoms with Gasteiger partial charge in [0.2, 0.25) is 10.0 Å². The Kier molecular flexibility index (Phi) is 6.93. The molecule has 0 radical (unpaired) electrons. The van der Waals surface area contributed by atoms with Crippen LogP contribution in [0.25, 0.3) is 11.2 Å². The fourth-order valence-corrected chi connectivity index (χ4v) is 5.03. The van der Waals surface area contributed by atoms with E-state index in [2.05, 4.69) is 20.6 Å². The Bertz CT molecular complexity index is 1600. The Balaban J connectivity index is 1.64. The Hall–Kier alpha value is -3.77. The van der Waals surface area contributed by atoms with Crippen LogP contribution in [-0.4, -0.2) is 52.8 Å². The molecular formula is C26H32N8O3S. The molecule has 11 nitrogen and oxygen atoms in total. The third-order valence-corrected chi connectivity index (χ3v) is 7.92. The lowest BCUT2D eigenvalue weighted by Crippen LogP contribution is -2.25. The number of para-hydroxylation sites is 2. The Morgan fingerprint density at radius 2 is 1.79 bits per heavy atom. The van der Waals surface area contributed by atoms with E-state index in [1.807, 2.05) is 43.5 Å². The molecule has 12 heteroatoms. The number of pyridine rings is 1. The van der Waals surface area contributed by atoms with Crippen molar-refractivity contribution in [3.05, 3.63) is 53.7 Å². The number of imidazole rings is 1. The fourth-order valence-electron chi connectivity index (χ4n) is 4.51. The van der Waals surface area contributed by atoms with Crippen molar-refractivity contribution in [3.8, 4) is 0 Å². The van der Waals surface area contributed by atoms with E-state index in [1.54, 1.807) is 18.3 Å². The van der Waals surface area contributed by atoms with Crippen molar-refractivity contribution in [1.82, 2.24) is 24.5 Å². The molecule has 1 aliphatic rings. The standard InChI is InChI=1S/C26H32N8O3S/c1-16-17(2)28-23(15-27-16)31-22-14-20(30-19-10-6-7-11-21(19)33(4)38(5,35)36)25-26(32-22)34(18(3)29-25)24-12-8-9-13-37-24/h6-7,10-11,14-15,24H,8-9,12-13H2,1-5H3,(H2,28,30,31,32). The van der Waals surface area contributed by atoms with Crippen molar-refractivity contribution in [3.63, 3.8) is 0 Å². The zero-order chi connectivity index (χ0) is 27.0. The molecule has 200 valence electrons. The molecule has 5 rings (SSSR count). The van der Waals surface area contributed by atoms with Crippen molar-refractivity contribution in [2.45, 2.75) is 46.3 Å². The first-order chi connectivity index (χ1) is 18.1. The van der Waals surface area contributed by atoms with Gasteiger partial charge < -0.3 is 15.4 Å². The number of aromatic nitrogens is 5. The van der Waals surface area contributed by atoms with Gasteiger partial charge in [0.1, 0.15) is 29.2 Å². The van der Waals surface area contributed by atoms with E-state index < -0.39 is 10.0 Å². The van der Waals surface area contributed by atoms with E-state index in [9.17, 15) is 8.42 Å². The SMILES string of the molecule is Cc1ncc(Nc2cc(Nc3ccccc3N(C)S(C)(=O)=O)c3nc(C)n(C4CCCCO4)c3n2)nc1C. The number of ether oxygens (including phenoxy) is 1. The number of anilines is 5. The molecule has 1 aliphatic heterocycles. The minimum atomic E-state index is -3.47. The topological polar surface area (TPSA) is 127 Å². The summed E-state index contributed by atoms with van der Waals surface area (Å²) in [5.41, 5.74) is 4.80. The zero-order valence-corrected chi connectivity index (χ0v) is 23.0. The Morgan fingerprint density at radius 1 is 1.00 bits per heavy atom. The highest BCUT2D eigenvalue weighted by molar-refractivity contribution is 7.92. The molecule has 1 unspecified atom stereocenters. The summed E-state index contributed by atoms with van der Waals surface area (Å²) >= 11 is 0. The van der Waals surface area contributed by atoms with Gasteiger partial charge in [0.15, 0.2) is 5.65 Å². The highest BCUT2D eigenvalue weighted by atomic mass is 32.2. The van der Waals surface area contributed by atoms with Gasteiger partial charge in [0, 0.05) is 19.7 Å². The lowest BCUT2D eigenvalue weighted by atomic mass is 10.2. The van der Waals surface area contributed by atoms with Crippen molar-refractivity contribution in [2.75, 3.05) is 34.8 Å². The van der Waals surface area contributed by atoms with Crippen LogP contribution < -0.4 is 14.9 Å². The summed E-state index contributed by atoms with van der Waals surface area (Å²) in [5.74, 6) is 1.90. The van der Waals surface area contributed by atoms with Gasteiger partial charge in [-0.25, -0.2) is 23.4 Å². The van der Waals surface area contributed by atoms with Crippen molar-refractivity contribution in [2.24, 2.45) is 0 Å². The van der Waals surface area contributed by atoms with E-state index in [4.69, 9.17) is 14.7 Å². The van der Waals surface area contributed by atoms with Crippen molar-refractivity contribution >= 4 is 49.9 Å². The van der Waals surface area contributed by atoms with Gasteiger partial charge in [-0.2, -0.15) is 0 Å². The normalized spacial score (nSPS) is 16.0. The third kappa shape index (κ3) is 5.14. The Morgan fingerprint density at radius 3 is 2.50 bits per heavy atom. The van der Waals surface area contributed by atoms with Gasteiger partial charge in [-0.1, -0.05) is 12.1 Å². The average molecular weight is 537 g/mol. The molecule has 0 saturated carbocycles. The molecular weight excluding hydrogens is 504 g/mol. The predicted molar refractivity (Wildman–Crippen MR) is 149 cm³/mol. The summed E-state index contributed by atoms with van der Waals surface area (Å²) in [4.78, 5) is 18.8. The lowest BCUT2D eigenvalue weighted by Gasteiger charge is -2.25. The monoisotopic (exact) mass is 536 g/mol. The van der Waals surface area contributed by atoms with Gasteiger partial charge in [0.25, 0.3) is 0 Å². The second kappa shape index (κ2) is 10.2. The first-order valence-corrected chi connectivity index (χ1v) is 14.3. The largest absolute Gasteiger partial charge is 0.358 e. The molecule has 0 bridgehead atoms. The number of rotatable bonds is 7. The molecule has 1 atom stereocenters. The van der Waals surface area contributed by atoms with Gasteiger partial charge >= 0.3 is 0 Å². The van der Waals surface area contributed by atoms with E-state index in [1.165, 1.54) is 17.6 Å². The summed E-state index contributed by atoms with van der Waals surface area (Å²) in [6.45, 7) is 6.45. The minimum absolute atomic E-state index is 0.158. The average Bonchev–Trinajstić information content (AvgIpc) is 3.22. The van der Waals surface area contributed by atoms with Gasteiger partial charge in [-0.05, 0) is 52.2 Å². The summed E-state index contributed by atoms with van der Waals surface area (Å²) in [5, 5.41) is 6.70. The van der Waals surface area contributed by atoms with Crippen LogP contribution in [0.1, 0.15) is 42.7 Å². The number of hydrogen-bond acceptors (Lipinski definition) is 9. The smallest absolute Gasteiger partial charge is 0.232 e. The highest BCUT2D eigenvalue weighted by Gasteiger charge is 2.24. The van der Waals surface area contributed by atoms with Gasteiger partial charge in [0.05, 0.1) is 40.9 Å². The molecule has 38 heavy (non-hydrogen) atoms. The highest BCUT2D eigenvalue weighted by Crippen LogP contribution is 2.36. The van der Waals surface area contributed by atoms with Crippen molar-refractivity contribution < 1.29 is 13.2 Å². The molecule has 0 aliphatic carbocycles. The van der Waals surface area contributed by atoms with E-state index >= 15 is 0 Å². The quantitative estimate of drug-likeness (QED) is 0.345. The minimum Gasteiger partial charge on any atom is -0.358 e. The molecule has 3 aromatic heterocycles. The second-order valence-electron chi connectivity index (χ2n) is 9.50. The number of benzene rings is 1. The number of hydrogen-bond donors (Lipinski definition) is 2. The number of fused-ring (bicyclic) bond motifs is 1. The van der Waals surface area contributed by atoms with E-state index in [0.717, 1.165) is 36.5 Å². The number of aryl methyl sites for hydroxylation is 3.